The van der Waals surface area contributed by atoms with Crippen LogP contribution in [0, 0.1) is 0 Å². The zero-order valence-electron chi connectivity index (χ0n) is 11.1. The molecule has 0 aliphatic heterocycles. The number of hydrogen-bond acceptors (Lipinski definition) is 1. The van der Waals surface area contributed by atoms with E-state index in [1.54, 1.807) is 0 Å². The number of nitrogens with one attached hydrogen (secondary N) is 2. The van der Waals surface area contributed by atoms with Crippen molar-refractivity contribution >= 4 is 23.3 Å². The number of urea groups is 1. The zero-order chi connectivity index (χ0) is 15.3. The van der Waals surface area contributed by atoms with Gasteiger partial charge in [-0.15, -0.1) is 0 Å². The van der Waals surface area contributed by atoms with Crippen LogP contribution in [0.1, 0.15) is 32.3 Å². The van der Waals surface area contributed by atoms with Gasteiger partial charge in [-0.05, 0) is 31.0 Å². The summed E-state index contributed by atoms with van der Waals surface area (Å²) in [5.41, 5.74) is -0.926. The summed E-state index contributed by atoms with van der Waals surface area (Å²) in [7, 11) is 0. The quantitative estimate of drug-likeness (QED) is 0.834. The van der Waals surface area contributed by atoms with Crippen LogP contribution in [0.25, 0.3) is 0 Å². The van der Waals surface area contributed by atoms with Crippen LogP contribution in [-0.4, -0.2) is 12.1 Å². The first-order valence-corrected chi connectivity index (χ1v) is 6.60. The highest BCUT2D eigenvalue weighted by molar-refractivity contribution is 6.31. The third-order valence-electron chi connectivity index (χ3n) is 2.85. The smallest absolute Gasteiger partial charge is 0.335 e. The summed E-state index contributed by atoms with van der Waals surface area (Å²) in [6, 6.07) is 2.70. The van der Waals surface area contributed by atoms with E-state index in [0.717, 1.165) is 25.0 Å². The van der Waals surface area contributed by atoms with Crippen molar-refractivity contribution in [1.82, 2.24) is 5.32 Å². The molecule has 0 saturated heterocycles. The molecule has 112 valence electrons. The van der Waals surface area contributed by atoms with Crippen molar-refractivity contribution in [2.24, 2.45) is 0 Å². The molecule has 0 aliphatic rings. The van der Waals surface area contributed by atoms with Gasteiger partial charge in [-0.2, -0.15) is 13.2 Å². The Balaban J connectivity index is 2.81. The van der Waals surface area contributed by atoms with Crippen LogP contribution in [0.4, 0.5) is 23.7 Å². The molecule has 0 fully saturated rings. The van der Waals surface area contributed by atoms with Gasteiger partial charge in [0, 0.05) is 11.7 Å². The van der Waals surface area contributed by atoms with E-state index in [1.807, 2.05) is 13.8 Å². The summed E-state index contributed by atoms with van der Waals surface area (Å²) in [6.45, 7) is 3.83. The summed E-state index contributed by atoms with van der Waals surface area (Å²) in [6.07, 6.45) is -3.06. The Morgan fingerprint density at radius 3 is 2.40 bits per heavy atom. The highest BCUT2D eigenvalue weighted by Gasteiger charge is 2.33. The second-order valence-corrected chi connectivity index (χ2v) is 4.71. The number of carbonyl (C=O) groups excluding carboxylic acids is 1. The number of benzene rings is 1. The first-order valence-electron chi connectivity index (χ1n) is 6.22. The normalized spacial score (nSPS) is 11.6. The summed E-state index contributed by atoms with van der Waals surface area (Å²) in [5.74, 6) is 0. The lowest BCUT2D eigenvalue weighted by atomic mass is 10.2. The van der Waals surface area contributed by atoms with E-state index in [2.05, 4.69) is 10.6 Å². The molecule has 2 amide bonds. The summed E-state index contributed by atoms with van der Waals surface area (Å²) >= 11 is 5.50. The summed E-state index contributed by atoms with van der Waals surface area (Å²) < 4.78 is 38.0. The lowest BCUT2D eigenvalue weighted by Gasteiger charge is -2.16. The molecule has 0 radical (unpaired) electrons. The van der Waals surface area contributed by atoms with E-state index < -0.39 is 22.8 Å². The molecule has 0 bridgehead atoms. The van der Waals surface area contributed by atoms with E-state index in [-0.39, 0.29) is 11.7 Å². The summed E-state index contributed by atoms with van der Waals surface area (Å²) in [4.78, 5) is 11.7. The molecule has 0 heterocycles. The molecule has 1 aromatic rings. The van der Waals surface area contributed by atoms with Gasteiger partial charge in [-0.1, -0.05) is 25.4 Å². The molecule has 7 heteroatoms. The Morgan fingerprint density at radius 2 is 1.90 bits per heavy atom. The Kier molecular flexibility index (Phi) is 5.68. The molecular weight excluding hydrogens is 293 g/mol. The number of alkyl halides is 3. The maximum absolute atomic E-state index is 12.7. The average molecular weight is 309 g/mol. The fourth-order valence-corrected chi connectivity index (χ4v) is 1.89. The number of halogens is 4. The maximum atomic E-state index is 12.7. The average Bonchev–Trinajstić information content (AvgIpc) is 2.37. The van der Waals surface area contributed by atoms with Crippen molar-refractivity contribution in [2.75, 3.05) is 5.32 Å². The van der Waals surface area contributed by atoms with Gasteiger partial charge < -0.3 is 10.6 Å². The van der Waals surface area contributed by atoms with Gasteiger partial charge in [0.1, 0.15) is 0 Å². The van der Waals surface area contributed by atoms with Crippen LogP contribution < -0.4 is 10.6 Å². The number of rotatable bonds is 4. The van der Waals surface area contributed by atoms with Gasteiger partial charge in [0.2, 0.25) is 0 Å². The first kappa shape index (κ1) is 16.6. The molecule has 0 spiro atoms. The van der Waals surface area contributed by atoms with Crippen molar-refractivity contribution in [2.45, 2.75) is 38.9 Å². The van der Waals surface area contributed by atoms with E-state index in [0.29, 0.717) is 0 Å². The third kappa shape index (κ3) is 4.59. The van der Waals surface area contributed by atoms with Gasteiger partial charge in [-0.25, -0.2) is 4.79 Å². The van der Waals surface area contributed by atoms with Crippen LogP contribution >= 0.6 is 11.6 Å². The predicted molar refractivity (Wildman–Crippen MR) is 73.0 cm³/mol. The molecule has 0 atom stereocenters. The van der Waals surface area contributed by atoms with E-state index >= 15 is 0 Å². The number of anilines is 1. The molecule has 1 rings (SSSR count). The van der Waals surface area contributed by atoms with E-state index in [1.165, 1.54) is 6.07 Å². The fraction of sp³-hybridized carbons (Fsp3) is 0.462. The fourth-order valence-electron chi connectivity index (χ4n) is 1.67. The van der Waals surface area contributed by atoms with Crippen molar-refractivity contribution in [3.63, 3.8) is 0 Å². The van der Waals surface area contributed by atoms with Gasteiger partial charge in [0.05, 0.1) is 10.6 Å². The lowest BCUT2D eigenvalue weighted by molar-refractivity contribution is -0.137. The highest BCUT2D eigenvalue weighted by Crippen LogP contribution is 2.36. The molecule has 0 unspecified atom stereocenters. The second kappa shape index (κ2) is 6.83. The minimum atomic E-state index is -4.55. The topological polar surface area (TPSA) is 41.1 Å². The van der Waals surface area contributed by atoms with Crippen molar-refractivity contribution in [1.29, 1.82) is 0 Å². The Hall–Kier alpha value is -1.43. The Bertz CT molecular complexity index is 473. The van der Waals surface area contributed by atoms with Gasteiger partial charge in [-0.3, -0.25) is 0 Å². The first-order chi connectivity index (χ1) is 9.27. The molecule has 3 nitrogen and oxygen atoms in total. The molecule has 0 saturated carbocycles. The van der Waals surface area contributed by atoms with E-state index in [9.17, 15) is 18.0 Å². The van der Waals surface area contributed by atoms with Crippen molar-refractivity contribution < 1.29 is 18.0 Å². The standard InChI is InChI=1S/C13H16ClF3N2O/c1-3-8(4-2)18-12(20)19-9-5-6-11(14)10(7-9)13(15,16)17/h5-8H,3-4H2,1-2H3,(H2,18,19,20). The predicted octanol–water partition coefficient (Wildman–Crippen LogP) is 4.67. The molecule has 2 N–H and O–H groups in total. The molecular formula is C13H16ClF3N2O. The third-order valence-corrected chi connectivity index (χ3v) is 3.18. The summed E-state index contributed by atoms with van der Waals surface area (Å²) in [5, 5.41) is 4.65. The molecule has 20 heavy (non-hydrogen) atoms. The minimum absolute atomic E-state index is 0.00983. The van der Waals surface area contributed by atoms with Crippen molar-refractivity contribution in [3.05, 3.63) is 28.8 Å². The number of amides is 2. The second-order valence-electron chi connectivity index (χ2n) is 4.30. The highest BCUT2D eigenvalue weighted by atomic mass is 35.5. The molecule has 1 aromatic carbocycles. The largest absolute Gasteiger partial charge is 0.417 e. The van der Waals surface area contributed by atoms with Gasteiger partial charge in [0.15, 0.2) is 0 Å². The van der Waals surface area contributed by atoms with Gasteiger partial charge in [0.25, 0.3) is 0 Å². The lowest BCUT2D eigenvalue weighted by Crippen LogP contribution is -2.37. The number of carbonyl (C=O) groups is 1. The Morgan fingerprint density at radius 1 is 1.30 bits per heavy atom. The molecule has 0 aliphatic carbocycles. The van der Waals surface area contributed by atoms with Crippen LogP contribution in [0.15, 0.2) is 18.2 Å². The monoisotopic (exact) mass is 308 g/mol. The minimum Gasteiger partial charge on any atom is -0.335 e. The maximum Gasteiger partial charge on any atom is 0.417 e. The molecule has 0 aromatic heterocycles. The van der Waals surface area contributed by atoms with Crippen LogP contribution in [0.3, 0.4) is 0 Å². The SMILES string of the molecule is CCC(CC)NC(=O)Nc1ccc(Cl)c(C(F)(F)F)c1. The van der Waals surface area contributed by atoms with Crippen LogP contribution in [0.5, 0.6) is 0 Å². The van der Waals surface area contributed by atoms with Crippen LogP contribution in [0.2, 0.25) is 5.02 Å². The zero-order valence-corrected chi connectivity index (χ0v) is 11.9. The van der Waals surface area contributed by atoms with E-state index in [4.69, 9.17) is 11.6 Å². The Labute approximate surface area is 120 Å². The van der Waals surface area contributed by atoms with Gasteiger partial charge >= 0.3 is 12.2 Å². The van der Waals surface area contributed by atoms with Crippen molar-refractivity contribution in [3.8, 4) is 0 Å². The number of hydrogen-bond donors (Lipinski definition) is 2. The van der Waals surface area contributed by atoms with Crippen LogP contribution in [-0.2, 0) is 6.18 Å².